The number of anilines is 1. The van der Waals surface area contributed by atoms with Crippen LogP contribution in [-0.4, -0.2) is 69.8 Å². The number of fused-ring (bicyclic) bond motifs is 1. The van der Waals surface area contributed by atoms with Crippen molar-refractivity contribution in [3.8, 4) is 0 Å². The third-order valence-electron chi connectivity index (χ3n) is 5.58. The zero-order chi connectivity index (χ0) is 18.9. The van der Waals surface area contributed by atoms with Crippen molar-refractivity contribution < 1.29 is 4.79 Å². The number of rotatable bonds is 3. The minimum Gasteiger partial charge on any atom is -0.352 e. The maximum atomic E-state index is 12.9. The monoisotopic (exact) mass is 433 g/mol. The van der Waals surface area contributed by atoms with Gasteiger partial charge in [0.1, 0.15) is 22.7 Å². The van der Waals surface area contributed by atoms with Crippen LogP contribution in [0, 0.1) is 0 Å². The molecule has 1 amide bonds. The van der Waals surface area contributed by atoms with Crippen LogP contribution < -0.4 is 10.2 Å². The van der Waals surface area contributed by atoms with Gasteiger partial charge in [0.25, 0.3) is 5.91 Å². The van der Waals surface area contributed by atoms with Gasteiger partial charge in [-0.2, -0.15) is 5.10 Å². The number of amides is 1. The molecule has 3 aromatic heterocycles. The zero-order valence-corrected chi connectivity index (χ0v) is 17.7. The number of hydrogen-bond donors (Lipinski definition) is 1. The quantitative estimate of drug-likeness (QED) is 0.682. The summed E-state index contributed by atoms with van der Waals surface area (Å²) in [4.78, 5) is 26.9. The average molecular weight is 434 g/mol. The molecular formula is C19H24ClN7OS. The number of piperazine rings is 1. The predicted molar refractivity (Wildman–Crippen MR) is 116 cm³/mol. The van der Waals surface area contributed by atoms with E-state index in [1.54, 1.807) is 17.7 Å². The average Bonchev–Trinajstić information content (AvgIpc) is 3.43. The minimum atomic E-state index is 0. The first-order chi connectivity index (χ1) is 13.8. The second kappa shape index (κ2) is 8.64. The van der Waals surface area contributed by atoms with Gasteiger partial charge in [-0.05, 0) is 36.9 Å². The molecule has 0 spiro atoms. The number of carbonyl (C=O) groups excluding carboxylic acids is 1. The van der Waals surface area contributed by atoms with E-state index in [9.17, 15) is 4.79 Å². The fourth-order valence-electron chi connectivity index (χ4n) is 4.03. The predicted octanol–water partition coefficient (Wildman–Crippen LogP) is 2.20. The van der Waals surface area contributed by atoms with Gasteiger partial charge in [0.05, 0.1) is 11.4 Å². The summed E-state index contributed by atoms with van der Waals surface area (Å²) in [6.45, 7) is 4.86. The molecule has 2 aliphatic heterocycles. The van der Waals surface area contributed by atoms with E-state index in [1.807, 2.05) is 27.2 Å². The number of piperidine rings is 1. The molecule has 1 atom stereocenters. The molecule has 5 heterocycles. The van der Waals surface area contributed by atoms with Crippen molar-refractivity contribution in [3.05, 3.63) is 35.7 Å². The molecule has 0 aliphatic carbocycles. The fraction of sp³-hybridized carbons (Fsp3) is 0.474. The summed E-state index contributed by atoms with van der Waals surface area (Å²) in [6.07, 6.45) is 5.82. The highest BCUT2D eigenvalue weighted by molar-refractivity contribution is 7.16. The van der Waals surface area contributed by atoms with Crippen molar-refractivity contribution in [1.29, 1.82) is 0 Å². The molecule has 0 aromatic carbocycles. The molecule has 2 saturated heterocycles. The highest BCUT2D eigenvalue weighted by Gasteiger charge is 2.26. The Morgan fingerprint density at radius 1 is 1.17 bits per heavy atom. The van der Waals surface area contributed by atoms with E-state index in [-0.39, 0.29) is 18.3 Å². The SMILES string of the molecule is Cl.O=C(c1ccn(C2CCCNC2)n1)N1CCN(c2ncnc3sccc23)CC1. The number of nitrogens with zero attached hydrogens (tertiary/aromatic N) is 6. The van der Waals surface area contributed by atoms with Gasteiger partial charge in [-0.1, -0.05) is 0 Å². The van der Waals surface area contributed by atoms with Crippen LogP contribution in [0.2, 0.25) is 0 Å². The largest absolute Gasteiger partial charge is 0.352 e. The Kier molecular flexibility index (Phi) is 5.98. The van der Waals surface area contributed by atoms with Crippen LogP contribution in [0.25, 0.3) is 10.2 Å². The van der Waals surface area contributed by atoms with E-state index in [0.29, 0.717) is 24.8 Å². The maximum absolute atomic E-state index is 12.9. The molecule has 29 heavy (non-hydrogen) atoms. The maximum Gasteiger partial charge on any atom is 0.274 e. The summed E-state index contributed by atoms with van der Waals surface area (Å²) in [5.74, 6) is 0.984. The van der Waals surface area contributed by atoms with E-state index in [1.165, 1.54) is 0 Å². The molecule has 1 unspecified atom stereocenters. The first-order valence-corrected chi connectivity index (χ1v) is 10.7. The smallest absolute Gasteiger partial charge is 0.274 e. The first-order valence-electron chi connectivity index (χ1n) is 9.78. The first kappa shape index (κ1) is 20.1. The lowest BCUT2D eigenvalue weighted by molar-refractivity contribution is 0.0739. The zero-order valence-electron chi connectivity index (χ0n) is 16.0. The molecule has 8 nitrogen and oxygen atoms in total. The molecule has 0 saturated carbocycles. The topological polar surface area (TPSA) is 79.2 Å². The Morgan fingerprint density at radius 3 is 2.83 bits per heavy atom. The van der Waals surface area contributed by atoms with Crippen molar-refractivity contribution in [2.75, 3.05) is 44.2 Å². The molecule has 0 bridgehead atoms. The highest BCUT2D eigenvalue weighted by Crippen LogP contribution is 2.27. The summed E-state index contributed by atoms with van der Waals surface area (Å²) in [5.41, 5.74) is 0.543. The number of halogens is 1. The van der Waals surface area contributed by atoms with Crippen LogP contribution in [0.3, 0.4) is 0 Å². The lowest BCUT2D eigenvalue weighted by Crippen LogP contribution is -2.49. The normalized spacial score (nSPS) is 19.9. The van der Waals surface area contributed by atoms with Crippen molar-refractivity contribution in [3.63, 3.8) is 0 Å². The van der Waals surface area contributed by atoms with Gasteiger partial charge >= 0.3 is 0 Å². The van der Waals surface area contributed by atoms with Gasteiger partial charge in [-0.25, -0.2) is 9.97 Å². The molecule has 154 valence electrons. The summed E-state index contributed by atoms with van der Waals surface area (Å²) < 4.78 is 1.95. The van der Waals surface area contributed by atoms with Crippen molar-refractivity contribution in [2.45, 2.75) is 18.9 Å². The second-order valence-corrected chi connectivity index (χ2v) is 8.19. The van der Waals surface area contributed by atoms with Gasteiger partial charge in [-0.15, -0.1) is 23.7 Å². The van der Waals surface area contributed by atoms with E-state index >= 15 is 0 Å². The van der Waals surface area contributed by atoms with Crippen LogP contribution in [0.15, 0.2) is 30.0 Å². The Bertz CT molecular complexity index is 976. The van der Waals surface area contributed by atoms with Crippen LogP contribution in [0.1, 0.15) is 29.4 Å². The van der Waals surface area contributed by atoms with Crippen LogP contribution in [-0.2, 0) is 0 Å². The molecule has 1 N–H and O–H groups in total. The van der Waals surface area contributed by atoms with Crippen LogP contribution in [0.4, 0.5) is 5.82 Å². The van der Waals surface area contributed by atoms with Gasteiger partial charge in [0, 0.05) is 38.9 Å². The second-order valence-electron chi connectivity index (χ2n) is 7.30. The van der Waals surface area contributed by atoms with Gasteiger partial charge in [0.2, 0.25) is 0 Å². The standard InChI is InChI=1S/C19H23N7OS.ClH/c27-19(16-3-6-26(23-16)14-2-1-5-20-12-14)25-9-7-24(8-10-25)17-15-4-11-28-18(15)22-13-21-17;/h3-4,6,11,13-14,20H,1-2,5,7-10,12H2;1H. The van der Waals surface area contributed by atoms with Crippen LogP contribution >= 0.6 is 23.7 Å². The molecule has 10 heteroatoms. The molecule has 2 aliphatic rings. The van der Waals surface area contributed by atoms with E-state index in [2.05, 4.69) is 31.3 Å². The number of nitrogens with one attached hydrogen (secondary N) is 1. The van der Waals surface area contributed by atoms with Gasteiger partial charge in [0.15, 0.2) is 0 Å². The van der Waals surface area contributed by atoms with Crippen molar-refractivity contribution in [2.24, 2.45) is 0 Å². The van der Waals surface area contributed by atoms with Crippen LogP contribution in [0.5, 0.6) is 0 Å². The number of thiophene rings is 1. The van der Waals surface area contributed by atoms with E-state index in [0.717, 1.165) is 55.1 Å². The number of carbonyl (C=O) groups is 1. The lowest BCUT2D eigenvalue weighted by Gasteiger charge is -2.35. The molecular weight excluding hydrogens is 410 g/mol. The molecule has 3 aromatic rings. The van der Waals surface area contributed by atoms with Gasteiger partial charge in [-0.3, -0.25) is 9.48 Å². The number of aromatic nitrogens is 4. The van der Waals surface area contributed by atoms with Gasteiger partial charge < -0.3 is 15.1 Å². The Balaban J connectivity index is 0.00000205. The lowest BCUT2D eigenvalue weighted by atomic mass is 10.1. The molecule has 5 rings (SSSR count). The molecule has 0 radical (unpaired) electrons. The molecule has 2 fully saturated rings. The highest BCUT2D eigenvalue weighted by atomic mass is 35.5. The summed E-state index contributed by atoms with van der Waals surface area (Å²) in [6, 6.07) is 4.26. The third kappa shape index (κ3) is 3.94. The Hall–Kier alpha value is -2.23. The fourth-order valence-corrected chi connectivity index (χ4v) is 4.75. The Labute approximate surface area is 179 Å². The van der Waals surface area contributed by atoms with Crippen molar-refractivity contribution >= 4 is 45.7 Å². The number of hydrogen-bond acceptors (Lipinski definition) is 7. The Morgan fingerprint density at radius 2 is 2.03 bits per heavy atom. The van der Waals surface area contributed by atoms with E-state index in [4.69, 9.17) is 0 Å². The van der Waals surface area contributed by atoms with E-state index < -0.39 is 0 Å². The third-order valence-corrected chi connectivity index (χ3v) is 6.40. The summed E-state index contributed by atoms with van der Waals surface area (Å²) in [5, 5.41) is 11.1. The summed E-state index contributed by atoms with van der Waals surface area (Å²) in [7, 11) is 0. The van der Waals surface area contributed by atoms with Crippen molar-refractivity contribution in [1.82, 2.24) is 30.0 Å². The summed E-state index contributed by atoms with van der Waals surface area (Å²) >= 11 is 1.62. The minimum absolute atomic E-state index is 0.